The molecule has 3 saturated heterocycles. The number of nitrogens with one attached hydrogen (secondary N) is 4. The molecule has 5 amide bonds. The molecule has 3 aliphatic heterocycles. The zero-order valence-electron chi connectivity index (χ0n) is 47.8. The van der Waals surface area contributed by atoms with Crippen LogP contribution in [0.1, 0.15) is 73.8 Å². The molecule has 0 bridgehead atoms. The van der Waals surface area contributed by atoms with Crippen molar-refractivity contribution in [2.75, 3.05) is 149 Å². The highest BCUT2D eigenvalue weighted by Gasteiger charge is 2.42. The number of urea groups is 1. The standard InChI is InChI=1S/C57H80ClN9O15S2/c1-73-44-13-14-45(46(58)36-44)48-39-84-57(61-48)63-55(71)41-12-15-50(82-38-53(70)66-16-20-75-21-17-66)47(35-41)59-52(69)11-5-2-7-42-37-67(65-64-42)18-22-76-24-26-78-28-30-80-32-34-81-33-31-79-29-27-77-25-23-74-19-6-9-43(68)8-3-4-10-51-54-49(40-83-51)60-56(72)62-54/h12-15,35-37,39,49,51,54H,2-11,16-34,38,40H2,1H3,(H,59,69)(H2,60,62,72)(H,61,63,71)/t49-,51+,54-/m1/s1. The zero-order chi connectivity index (χ0) is 59.0. The number of unbranched alkanes of at least 4 members (excludes halogenated alkanes) is 2. The number of methoxy groups -OCH3 is 1. The average Bonchev–Trinajstić information content (AvgIpc) is 4.31. The monoisotopic (exact) mass is 1230 g/mol. The molecule has 84 heavy (non-hydrogen) atoms. The molecule has 4 N–H and O–H groups in total. The van der Waals surface area contributed by atoms with Crippen LogP contribution in [0.5, 0.6) is 11.5 Å². The number of thiazole rings is 1. The Labute approximate surface area is 503 Å². The highest BCUT2D eigenvalue weighted by molar-refractivity contribution is 8.00. The van der Waals surface area contributed by atoms with Gasteiger partial charge in [-0.1, -0.05) is 23.2 Å². The first-order valence-corrected chi connectivity index (χ1v) is 31.1. The van der Waals surface area contributed by atoms with E-state index in [0.29, 0.717) is 196 Å². The lowest BCUT2D eigenvalue weighted by atomic mass is 10.0. The number of thioether (sulfide) groups is 1. The minimum absolute atomic E-state index is 0.0607. The summed E-state index contributed by atoms with van der Waals surface area (Å²) in [5, 5.41) is 23.2. The van der Waals surface area contributed by atoms with E-state index in [4.69, 9.17) is 59.0 Å². The molecule has 0 radical (unpaired) electrons. The molecule has 24 nitrogen and oxygen atoms in total. The number of halogens is 1. The molecule has 2 aromatic carbocycles. The number of morpholine rings is 1. The lowest BCUT2D eigenvalue weighted by Gasteiger charge is -2.26. The van der Waals surface area contributed by atoms with Gasteiger partial charge in [0, 0.05) is 72.7 Å². The summed E-state index contributed by atoms with van der Waals surface area (Å²) < 4.78 is 57.4. The summed E-state index contributed by atoms with van der Waals surface area (Å²) in [5.74, 6) is 1.14. The minimum Gasteiger partial charge on any atom is -0.497 e. The Morgan fingerprint density at radius 2 is 1.43 bits per heavy atom. The van der Waals surface area contributed by atoms with Gasteiger partial charge in [-0.05, 0) is 74.9 Å². The van der Waals surface area contributed by atoms with Crippen LogP contribution in [0.3, 0.4) is 0 Å². The summed E-state index contributed by atoms with van der Waals surface area (Å²) in [4.78, 5) is 69.7. The Hall–Kier alpha value is -5.52. The van der Waals surface area contributed by atoms with Crippen molar-refractivity contribution in [3.05, 3.63) is 64.3 Å². The van der Waals surface area contributed by atoms with E-state index < -0.39 is 5.91 Å². The van der Waals surface area contributed by atoms with Crippen LogP contribution in [0.2, 0.25) is 5.02 Å². The number of rotatable bonds is 43. The molecule has 0 spiro atoms. The second kappa shape index (κ2) is 37.8. The molecule has 27 heteroatoms. The number of anilines is 2. The number of nitrogens with zero attached hydrogens (tertiary/aromatic N) is 5. The van der Waals surface area contributed by atoms with Crippen molar-refractivity contribution in [3.63, 3.8) is 0 Å². The third kappa shape index (κ3) is 23.7. The van der Waals surface area contributed by atoms with Crippen LogP contribution in [-0.2, 0) is 65.2 Å². The Balaban J connectivity index is 0.646. The summed E-state index contributed by atoms with van der Waals surface area (Å²) in [6, 6.07) is 10.3. The zero-order valence-corrected chi connectivity index (χ0v) is 50.2. The van der Waals surface area contributed by atoms with E-state index in [1.807, 2.05) is 18.0 Å². The summed E-state index contributed by atoms with van der Waals surface area (Å²) >= 11 is 9.61. The van der Waals surface area contributed by atoms with Crippen molar-refractivity contribution >= 4 is 75.1 Å². The molecule has 7 rings (SSSR count). The number of Topliss-reactive ketones (excluding diaryl/α,β-unsaturated/α-hetero) is 1. The molecule has 3 atom stereocenters. The smallest absolute Gasteiger partial charge is 0.315 e. The molecule has 462 valence electrons. The second-order valence-corrected chi connectivity index (χ2v) is 22.4. The fourth-order valence-electron chi connectivity index (χ4n) is 9.15. The molecule has 0 saturated carbocycles. The normalized spacial score (nSPS) is 16.5. The van der Waals surface area contributed by atoms with E-state index in [9.17, 15) is 24.0 Å². The third-order valence-corrected chi connectivity index (χ3v) is 16.2. The van der Waals surface area contributed by atoms with E-state index in [-0.39, 0.29) is 65.7 Å². The lowest BCUT2D eigenvalue weighted by molar-refractivity contribution is -0.137. The number of aryl methyl sites for hydroxylation is 1. The molecule has 0 unspecified atom stereocenters. The van der Waals surface area contributed by atoms with Gasteiger partial charge in [-0.15, -0.1) is 16.4 Å². The molecule has 4 aromatic rings. The Morgan fingerprint density at radius 3 is 2.12 bits per heavy atom. The van der Waals surface area contributed by atoms with E-state index >= 15 is 0 Å². The van der Waals surface area contributed by atoms with Gasteiger partial charge in [-0.3, -0.25) is 24.5 Å². The van der Waals surface area contributed by atoms with Crippen molar-refractivity contribution in [2.45, 2.75) is 88.1 Å². The number of hydrogen-bond acceptors (Lipinski definition) is 20. The first kappa shape index (κ1) is 66.0. The highest BCUT2D eigenvalue weighted by Crippen LogP contribution is 2.35. The number of ether oxygens (including phenoxy) is 10. The van der Waals surface area contributed by atoms with Gasteiger partial charge in [-0.25, -0.2) is 14.5 Å². The molecular formula is C57H80ClN9O15S2. The third-order valence-electron chi connectivity index (χ3n) is 13.7. The summed E-state index contributed by atoms with van der Waals surface area (Å²) in [6.45, 7) is 8.51. The summed E-state index contributed by atoms with van der Waals surface area (Å²) in [6.07, 6.45) is 8.68. The van der Waals surface area contributed by atoms with Gasteiger partial charge in [0.15, 0.2) is 11.7 Å². The maximum absolute atomic E-state index is 13.5. The quantitative estimate of drug-likeness (QED) is 0.0288. The number of carbonyl (C=O) groups excluding carboxylic acids is 5. The van der Waals surface area contributed by atoms with Gasteiger partial charge in [0.2, 0.25) is 5.91 Å². The van der Waals surface area contributed by atoms with Crippen molar-refractivity contribution < 1.29 is 71.3 Å². The fraction of sp³-hybridized carbons (Fsp3) is 0.614. The van der Waals surface area contributed by atoms with Crippen molar-refractivity contribution in [3.8, 4) is 22.8 Å². The first-order valence-electron chi connectivity index (χ1n) is 28.8. The van der Waals surface area contributed by atoms with Crippen LogP contribution in [0.4, 0.5) is 15.6 Å². The maximum Gasteiger partial charge on any atom is 0.315 e. The number of ketones is 1. The van der Waals surface area contributed by atoms with Gasteiger partial charge < -0.3 is 68.2 Å². The second-order valence-electron chi connectivity index (χ2n) is 19.9. The van der Waals surface area contributed by atoms with Crippen LogP contribution < -0.4 is 30.7 Å². The Bertz CT molecular complexity index is 2650. The van der Waals surface area contributed by atoms with Gasteiger partial charge in [0.25, 0.3) is 11.8 Å². The predicted molar refractivity (Wildman–Crippen MR) is 317 cm³/mol. The number of carbonyl (C=O) groups is 5. The van der Waals surface area contributed by atoms with Crippen LogP contribution in [-0.4, -0.2) is 210 Å². The Kier molecular flexibility index (Phi) is 29.7. The van der Waals surface area contributed by atoms with Gasteiger partial charge >= 0.3 is 6.03 Å². The van der Waals surface area contributed by atoms with E-state index in [1.165, 1.54) is 17.4 Å². The topological polar surface area (TPSA) is 273 Å². The fourth-order valence-corrected chi connectivity index (χ4v) is 11.7. The largest absolute Gasteiger partial charge is 0.497 e. The van der Waals surface area contributed by atoms with E-state index in [2.05, 4.69) is 36.6 Å². The van der Waals surface area contributed by atoms with Crippen molar-refractivity contribution in [2.24, 2.45) is 0 Å². The first-order chi connectivity index (χ1) is 41.1. The molecule has 3 fully saturated rings. The minimum atomic E-state index is -0.456. The van der Waals surface area contributed by atoms with Crippen LogP contribution in [0, 0.1) is 0 Å². The van der Waals surface area contributed by atoms with Crippen LogP contribution in [0.25, 0.3) is 11.3 Å². The number of benzene rings is 2. The highest BCUT2D eigenvalue weighted by atomic mass is 35.5. The van der Waals surface area contributed by atoms with E-state index in [0.717, 1.165) is 30.7 Å². The number of aromatic nitrogens is 4. The Morgan fingerprint density at radius 1 is 0.762 bits per heavy atom. The number of fused-ring (bicyclic) bond motifs is 1. The summed E-state index contributed by atoms with van der Waals surface area (Å²) in [7, 11) is 1.56. The molecule has 3 aliphatic rings. The maximum atomic E-state index is 13.5. The van der Waals surface area contributed by atoms with E-state index in [1.54, 1.807) is 52.4 Å². The molecule has 0 aliphatic carbocycles. The summed E-state index contributed by atoms with van der Waals surface area (Å²) in [5.41, 5.74) is 2.57. The lowest BCUT2D eigenvalue weighted by Crippen LogP contribution is -2.43. The van der Waals surface area contributed by atoms with Crippen molar-refractivity contribution in [1.29, 1.82) is 0 Å². The number of hydrogen-bond donors (Lipinski definition) is 4. The molecule has 2 aromatic heterocycles. The van der Waals surface area contributed by atoms with Gasteiger partial charge in [-0.2, -0.15) is 11.8 Å². The van der Waals surface area contributed by atoms with Crippen LogP contribution in [0.15, 0.2) is 48.0 Å². The average molecular weight is 1230 g/mol. The molecule has 5 heterocycles. The molecular weight excluding hydrogens is 1150 g/mol. The van der Waals surface area contributed by atoms with Crippen LogP contribution >= 0.6 is 34.7 Å². The van der Waals surface area contributed by atoms with Crippen molar-refractivity contribution in [1.82, 2.24) is 35.5 Å². The van der Waals surface area contributed by atoms with Gasteiger partial charge in [0.1, 0.15) is 17.3 Å². The SMILES string of the molecule is COc1ccc(-c2csc(NC(=O)c3ccc(OCC(=O)N4CCOCC4)c(NC(=O)CCCCc4cn(CCOCCOCCOCCOCCOCCOCCOCCCC(=O)CCCC[C@@H]5SC[C@H]6NC(=O)N[C@@H]56)nn4)c3)n2)c(Cl)c1. The van der Waals surface area contributed by atoms with Gasteiger partial charge in [0.05, 0.1) is 147 Å². The predicted octanol–water partition coefficient (Wildman–Crippen LogP) is 6.10. The number of amides is 5.